The first kappa shape index (κ1) is 21.6. The van der Waals surface area contributed by atoms with Crippen LogP contribution in [0.3, 0.4) is 0 Å². The van der Waals surface area contributed by atoms with Crippen molar-refractivity contribution in [2.24, 2.45) is 0 Å². The Balaban J connectivity index is 1.47. The number of ether oxygens (including phenoxy) is 1. The molecule has 2 aromatic carbocycles. The zero-order valence-electron chi connectivity index (χ0n) is 18.1. The first-order valence-electron chi connectivity index (χ1n) is 10.1. The molecule has 0 unspecified atom stereocenters. The summed E-state index contributed by atoms with van der Waals surface area (Å²) in [4.78, 5) is 12.9. The third kappa shape index (κ3) is 4.84. The molecule has 0 saturated heterocycles. The minimum absolute atomic E-state index is 0.172. The lowest BCUT2D eigenvalue weighted by Crippen LogP contribution is -2.16. The van der Waals surface area contributed by atoms with Crippen LogP contribution < -0.4 is 10.1 Å². The van der Waals surface area contributed by atoms with Gasteiger partial charge in [-0.3, -0.25) is 9.48 Å². The molecule has 0 aliphatic rings. The van der Waals surface area contributed by atoms with Gasteiger partial charge in [0.15, 0.2) is 11.5 Å². The number of anilines is 1. The molecular formula is C24H23ClN4O3. The number of carbonyl (C=O) groups is 1. The van der Waals surface area contributed by atoms with Crippen molar-refractivity contribution in [3.63, 3.8) is 0 Å². The summed E-state index contributed by atoms with van der Waals surface area (Å²) < 4.78 is 13.0. The molecule has 0 aliphatic heterocycles. The highest BCUT2D eigenvalue weighted by atomic mass is 35.5. The predicted octanol–water partition coefficient (Wildman–Crippen LogP) is 5.33. The maximum atomic E-state index is 12.9. The van der Waals surface area contributed by atoms with Gasteiger partial charge in [0.1, 0.15) is 18.1 Å². The second kappa shape index (κ2) is 9.28. The van der Waals surface area contributed by atoms with Crippen LogP contribution in [0.4, 0.5) is 5.82 Å². The molecule has 0 atom stereocenters. The van der Waals surface area contributed by atoms with Gasteiger partial charge in [0.25, 0.3) is 5.91 Å². The molecule has 0 aliphatic carbocycles. The highest BCUT2D eigenvalue weighted by Gasteiger charge is 2.22. The van der Waals surface area contributed by atoms with E-state index < -0.39 is 5.91 Å². The number of aromatic nitrogens is 3. The number of hydrogen-bond donors (Lipinski definition) is 1. The second-order valence-corrected chi connectivity index (χ2v) is 7.97. The van der Waals surface area contributed by atoms with Crippen LogP contribution in [0.25, 0.3) is 0 Å². The zero-order chi connectivity index (χ0) is 22.7. The number of benzene rings is 2. The fourth-order valence-electron chi connectivity index (χ4n) is 3.32. The largest absolute Gasteiger partial charge is 0.488 e. The van der Waals surface area contributed by atoms with Gasteiger partial charge in [-0.15, -0.1) is 0 Å². The van der Waals surface area contributed by atoms with Gasteiger partial charge in [-0.25, -0.2) is 0 Å². The van der Waals surface area contributed by atoms with Crippen molar-refractivity contribution >= 4 is 23.3 Å². The van der Waals surface area contributed by atoms with E-state index in [4.69, 9.17) is 20.9 Å². The van der Waals surface area contributed by atoms with Crippen molar-refractivity contribution in [2.45, 2.75) is 33.9 Å². The maximum Gasteiger partial charge on any atom is 0.279 e. The Hall–Kier alpha value is -3.58. The van der Waals surface area contributed by atoms with Crippen LogP contribution in [0.1, 0.15) is 38.6 Å². The first-order chi connectivity index (χ1) is 15.4. The van der Waals surface area contributed by atoms with E-state index in [2.05, 4.69) is 15.6 Å². The fraction of sp³-hybridized carbons (Fsp3) is 0.208. The van der Waals surface area contributed by atoms with E-state index in [0.717, 1.165) is 22.6 Å². The van der Waals surface area contributed by atoms with Crippen molar-refractivity contribution in [3.8, 4) is 5.75 Å². The molecule has 0 radical (unpaired) electrons. The van der Waals surface area contributed by atoms with Gasteiger partial charge in [-0.05, 0) is 50.1 Å². The molecule has 0 saturated carbocycles. The van der Waals surface area contributed by atoms with Crippen LogP contribution in [0.2, 0.25) is 5.02 Å². The Kier molecular flexibility index (Phi) is 6.28. The molecule has 32 heavy (non-hydrogen) atoms. The minimum Gasteiger partial charge on any atom is -0.488 e. The Bertz CT molecular complexity index is 1260. The van der Waals surface area contributed by atoms with E-state index in [1.165, 1.54) is 0 Å². The third-order valence-electron chi connectivity index (χ3n) is 5.11. The molecule has 0 fully saturated rings. The number of amides is 1. The third-order valence-corrected chi connectivity index (χ3v) is 5.34. The monoisotopic (exact) mass is 450 g/mol. The van der Waals surface area contributed by atoms with Crippen molar-refractivity contribution in [1.82, 2.24) is 14.9 Å². The van der Waals surface area contributed by atoms with Gasteiger partial charge in [-0.2, -0.15) is 5.10 Å². The number of para-hydroxylation sites is 1. The molecular weight excluding hydrogens is 428 g/mol. The summed E-state index contributed by atoms with van der Waals surface area (Å²) in [6.07, 6.45) is 0. The Morgan fingerprint density at radius 2 is 1.94 bits per heavy atom. The van der Waals surface area contributed by atoms with Gasteiger partial charge in [0.05, 0.1) is 12.1 Å². The van der Waals surface area contributed by atoms with Crippen LogP contribution in [0, 0.1) is 20.8 Å². The Morgan fingerprint density at radius 1 is 1.12 bits per heavy atom. The second-order valence-electron chi connectivity index (χ2n) is 7.53. The zero-order valence-corrected chi connectivity index (χ0v) is 18.8. The van der Waals surface area contributed by atoms with Crippen LogP contribution in [0.5, 0.6) is 5.75 Å². The molecule has 2 aromatic heterocycles. The molecule has 2 heterocycles. The van der Waals surface area contributed by atoms with Gasteiger partial charge < -0.3 is 14.6 Å². The van der Waals surface area contributed by atoms with E-state index in [9.17, 15) is 4.79 Å². The van der Waals surface area contributed by atoms with Crippen molar-refractivity contribution in [1.29, 1.82) is 0 Å². The first-order valence-corrected chi connectivity index (χ1v) is 10.5. The molecule has 0 spiro atoms. The lowest BCUT2D eigenvalue weighted by Gasteiger charge is -2.09. The SMILES string of the molecule is Cc1ccccc1OCc1c(C(=O)Nc2cc(C)n(Cc3cccc(Cl)c3)n2)noc1C. The van der Waals surface area contributed by atoms with E-state index in [1.807, 2.05) is 62.4 Å². The van der Waals surface area contributed by atoms with Gasteiger partial charge in [0, 0.05) is 16.8 Å². The topological polar surface area (TPSA) is 82.2 Å². The summed E-state index contributed by atoms with van der Waals surface area (Å²) in [5.74, 6) is 1.31. The number of hydrogen-bond acceptors (Lipinski definition) is 5. The molecule has 1 N–H and O–H groups in total. The molecule has 8 heteroatoms. The number of carbonyl (C=O) groups excluding carboxylic acids is 1. The van der Waals surface area contributed by atoms with E-state index >= 15 is 0 Å². The van der Waals surface area contributed by atoms with Crippen LogP contribution >= 0.6 is 11.6 Å². The van der Waals surface area contributed by atoms with Crippen LogP contribution in [-0.4, -0.2) is 20.8 Å². The van der Waals surface area contributed by atoms with Crippen molar-refractivity contribution in [3.05, 3.63) is 93.5 Å². The Morgan fingerprint density at radius 3 is 2.72 bits per heavy atom. The van der Waals surface area contributed by atoms with Gasteiger partial charge in [-0.1, -0.05) is 47.1 Å². The average Bonchev–Trinajstić information content (AvgIpc) is 3.29. The number of nitrogens with one attached hydrogen (secondary N) is 1. The smallest absolute Gasteiger partial charge is 0.279 e. The molecule has 7 nitrogen and oxygen atoms in total. The molecule has 1 amide bonds. The normalized spacial score (nSPS) is 10.9. The molecule has 4 rings (SSSR count). The predicted molar refractivity (Wildman–Crippen MR) is 122 cm³/mol. The highest BCUT2D eigenvalue weighted by Crippen LogP contribution is 2.22. The summed E-state index contributed by atoms with van der Waals surface area (Å²) in [6, 6.07) is 17.1. The van der Waals surface area contributed by atoms with Crippen LogP contribution in [0.15, 0.2) is 59.1 Å². The summed E-state index contributed by atoms with van der Waals surface area (Å²) in [7, 11) is 0. The highest BCUT2D eigenvalue weighted by molar-refractivity contribution is 6.30. The fourth-order valence-corrected chi connectivity index (χ4v) is 3.54. The van der Waals surface area contributed by atoms with E-state index in [0.29, 0.717) is 28.7 Å². The number of rotatable bonds is 7. The van der Waals surface area contributed by atoms with Crippen molar-refractivity contribution in [2.75, 3.05) is 5.32 Å². The molecule has 0 bridgehead atoms. The average molecular weight is 451 g/mol. The van der Waals surface area contributed by atoms with Gasteiger partial charge >= 0.3 is 0 Å². The van der Waals surface area contributed by atoms with E-state index in [-0.39, 0.29) is 12.3 Å². The lowest BCUT2D eigenvalue weighted by molar-refractivity contribution is 0.101. The quantitative estimate of drug-likeness (QED) is 0.411. The van der Waals surface area contributed by atoms with Crippen LogP contribution in [-0.2, 0) is 13.2 Å². The summed E-state index contributed by atoms with van der Waals surface area (Å²) in [5.41, 5.74) is 3.70. The number of aryl methyl sites for hydroxylation is 3. The van der Waals surface area contributed by atoms with Crippen molar-refractivity contribution < 1.29 is 14.1 Å². The van der Waals surface area contributed by atoms with Gasteiger partial charge in [0.2, 0.25) is 0 Å². The molecule has 4 aromatic rings. The minimum atomic E-state index is -0.405. The summed E-state index contributed by atoms with van der Waals surface area (Å²) in [5, 5.41) is 11.9. The summed E-state index contributed by atoms with van der Waals surface area (Å²) >= 11 is 6.07. The number of nitrogens with zero attached hydrogens (tertiary/aromatic N) is 3. The Labute approximate surface area is 190 Å². The molecule has 164 valence electrons. The standard InChI is InChI=1S/C24H23ClN4O3/c1-15-7-4-5-10-21(15)31-14-20-17(3)32-28-23(20)24(30)26-22-11-16(2)29(27-22)13-18-8-6-9-19(25)12-18/h4-12H,13-14H2,1-3H3,(H,26,27,30). The summed E-state index contributed by atoms with van der Waals surface area (Å²) in [6.45, 7) is 6.36. The maximum absolute atomic E-state index is 12.9. The number of halogens is 1. The lowest BCUT2D eigenvalue weighted by atomic mass is 10.2. The van der Waals surface area contributed by atoms with E-state index in [1.54, 1.807) is 17.7 Å².